The van der Waals surface area contributed by atoms with E-state index in [1.165, 1.54) is 31.2 Å². The van der Waals surface area contributed by atoms with E-state index in [0.717, 1.165) is 19.3 Å². The van der Waals surface area contributed by atoms with Crippen molar-refractivity contribution in [2.75, 3.05) is 17.2 Å². The van der Waals surface area contributed by atoms with Crippen LogP contribution in [0.4, 0.5) is 11.4 Å². The van der Waals surface area contributed by atoms with Gasteiger partial charge in [-0.15, -0.1) is 0 Å². The van der Waals surface area contributed by atoms with E-state index in [0.29, 0.717) is 23.5 Å². The Morgan fingerprint density at radius 3 is 2.07 bits per heavy atom. The molecule has 0 unspecified atom stereocenters. The fourth-order valence-electron chi connectivity index (χ4n) is 3.39. The molecule has 1 saturated heterocycles. The minimum Gasteiger partial charge on any atom is -0.326 e. The molecule has 2 aromatic rings. The van der Waals surface area contributed by atoms with Crippen molar-refractivity contribution in [2.24, 2.45) is 0 Å². The molecule has 0 aromatic heterocycles. The highest BCUT2D eigenvalue weighted by atomic mass is 32.2. The summed E-state index contributed by atoms with van der Waals surface area (Å²) in [5, 5.41) is 5.41. The van der Waals surface area contributed by atoms with E-state index in [2.05, 4.69) is 10.6 Å². The lowest BCUT2D eigenvalue weighted by Gasteiger charge is -2.32. The van der Waals surface area contributed by atoms with Crippen molar-refractivity contribution < 1.29 is 18.0 Å². The lowest BCUT2D eigenvalue weighted by Crippen LogP contribution is -2.41. The summed E-state index contributed by atoms with van der Waals surface area (Å²) < 4.78 is 27.3. The molecule has 0 bridgehead atoms. The molecule has 2 aromatic carbocycles. The van der Waals surface area contributed by atoms with Gasteiger partial charge >= 0.3 is 0 Å². The zero-order chi connectivity index (χ0) is 21.0. The zero-order valence-corrected chi connectivity index (χ0v) is 17.3. The molecule has 1 heterocycles. The van der Waals surface area contributed by atoms with Crippen LogP contribution in [0.3, 0.4) is 0 Å². The van der Waals surface area contributed by atoms with Crippen molar-refractivity contribution in [2.45, 2.75) is 44.0 Å². The Balaban J connectivity index is 1.69. The van der Waals surface area contributed by atoms with Gasteiger partial charge in [-0.25, -0.2) is 8.42 Å². The molecule has 0 aliphatic carbocycles. The third kappa shape index (κ3) is 5.02. The Labute approximate surface area is 171 Å². The first-order chi connectivity index (χ1) is 13.8. The van der Waals surface area contributed by atoms with Gasteiger partial charge in [0.2, 0.25) is 15.9 Å². The Morgan fingerprint density at radius 2 is 1.52 bits per heavy atom. The van der Waals surface area contributed by atoms with Crippen LogP contribution in [-0.2, 0) is 14.8 Å². The van der Waals surface area contributed by atoms with Crippen LogP contribution in [0.2, 0.25) is 0 Å². The second-order valence-corrected chi connectivity index (χ2v) is 9.09. The molecule has 1 fully saturated rings. The number of hydrogen-bond donors (Lipinski definition) is 2. The van der Waals surface area contributed by atoms with Crippen LogP contribution >= 0.6 is 0 Å². The maximum Gasteiger partial charge on any atom is 0.255 e. The Hall–Kier alpha value is -2.71. The maximum atomic E-state index is 12.9. The zero-order valence-electron chi connectivity index (χ0n) is 16.5. The summed E-state index contributed by atoms with van der Waals surface area (Å²) in [5.74, 6) is -0.511. The van der Waals surface area contributed by atoms with Crippen molar-refractivity contribution in [1.82, 2.24) is 4.31 Å². The molecule has 154 valence electrons. The number of piperidine rings is 1. The fraction of sp³-hybridized carbons (Fsp3) is 0.333. The van der Waals surface area contributed by atoms with E-state index in [1.54, 1.807) is 28.6 Å². The van der Waals surface area contributed by atoms with Gasteiger partial charge in [0.25, 0.3) is 5.91 Å². The van der Waals surface area contributed by atoms with Gasteiger partial charge in [-0.3, -0.25) is 9.59 Å². The molecule has 1 aliphatic heterocycles. The van der Waals surface area contributed by atoms with Crippen LogP contribution in [-0.4, -0.2) is 37.1 Å². The number of nitrogens with one attached hydrogen (secondary N) is 2. The first-order valence-electron chi connectivity index (χ1n) is 9.58. The summed E-state index contributed by atoms with van der Waals surface area (Å²) in [6, 6.07) is 12.7. The number of hydrogen-bond acceptors (Lipinski definition) is 4. The number of benzene rings is 2. The average Bonchev–Trinajstić information content (AvgIpc) is 2.69. The van der Waals surface area contributed by atoms with Crippen LogP contribution in [0, 0.1) is 0 Å². The molecule has 0 radical (unpaired) electrons. The number of amides is 2. The molecule has 8 heteroatoms. The largest absolute Gasteiger partial charge is 0.326 e. The topological polar surface area (TPSA) is 95.6 Å². The summed E-state index contributed by atoms with van der Waals surface area (Å²) in [6.45, 7) is 3.88. The summed E-state index contributed by atoms with van der Waals surface area (Å²) >= 11 is 0. The van der Waals surface area contributed by atoms with Crippen molar-refractivity contribution in [3.63, 3.8) is 0 Å². The minimum atomic E-state index is -3.56. The molecule has 7 nitrogen and oxygen atoms in total. The standard InChI is InChI=1S/C21H25N3O4S/c1-15-5-3-4-14-24(15)29(27,28)20-12-6-17(7-13-20)21(26)23-19-10-8-18(9-11-19)22-16(2)25/h6-13,15H,3-5,14H2,1-2H3,(H,22,25)(H,23,26)/t15-/m0/s1. The van der Waals surface area contributed by atoms with Gasteiger partial charge < -0.3 is 10.6 Å². The Kier molecular flexibility index (Phi) is 6.34. The number of carbonyl (C=O) groups excluding carboxylic acids is 2. The van der Waals surface area contributed by atoms with Crippen molar-refractivity contribution >= 4 is 33.2 Å². The smallest absolute Gasteiger partial charge is 0.255 e. The third-order valence-corrected chi connectivity index (χ3v) is 6.96. The van der Waals surface area contributed by atoms with Crippen LogP contribution < -0.4 is 10.6 Å². The van der Waals surface area contributed by atoms with Gasteiger partial charge in [0.15, 0.2) is 0 Å². The van der Waals surface area contributed by atoms with Gasteiger partial charge in [0, 0.05) is 36.4 Å². The van der Waals surface area contributed by atoms with Crippen LogP contribution in [0.5, 0.6) is 0 Å². The summed E-state index contributed by atoms with van der Waals surface area (Å²) in [6.07, 6.45) is 2.77. The predicted octanol–water partition coefficient (Wildman–Crippen LogP) is 3.46. The number of nitrogens with zero attached hydrogens (tertiary/aromatic N) is 1. The van der Waals surface area contributed by atoms with Crippen LogP contribution in [0.15, 0.2) is 53.4 Å². The molecule has 29 heavy (non-hydrogen) atoms. The number of sulfonamides is 1. The molecular formula is C21H25N3O4S. The predicted molar refractivity (Wildman–Crippen MR) is 112 cm³/mol. The molecule has 2 N–H and O–H groups in total. The van der Waals surface area contributed by atoms with Crippen molar-refractivity contribution in [1.29, 1.82) is 0 Å². The molecule has 0 spiro atoms. The van der Waals surface area contributed by atoms with Gasteiger partial charge in [-0.05, 0) is 68.3 Å². The van der Waals surface area contributed by atoms with E-state index in [4.69, 9.17) is 0 Å². The SMILES string of the molecule is CC(=O)Nc1ccc(NC(=O)c2ccc(S(=O)(=O)N3CCCC[C@@H]3C)cc2)cc1. The minimum absolute atomic E-state index is 0.0165. The van der Waals surface area contributed by atoms with E-state index >= 15 is 0 Å². The number of rotatable bonds is 5. The Morgan fingerprint density at radius 1 is 0.931 bits per heavy atom. The lowest BCUT2D eigenvalue weighted by atomic mass is 10.1. The van der Waals surface area contributed by atoms with Crippen molar-refractivity contribution in [3.8, 4) is 0 Å². The quantitative estimate of drug-likeness (QED) is 0.782. The molecular weight excluding hydrogens is 390 g/mol. The van der Waals surface area contributed by atoms with Crippen LogP contribution in [0.1, 0.15) is 43.5 Å². The molecule has 3 rings (SSSR count). The summed E-state index contributed by atoms with van der Waals surface area (Å²) in [5.41, 5.74) is 1.57. The van der Waals surface area contributed by atoms with E-state index in [-0.39, 0.29) is 22.8 Å². The second kappa shape index (κ2) is 8.75. The number of carbonyl (C=O) groups is 2. The molecule has 0 saturated carbocycles. The van der Waals surface area contributed by atoms with Crippen molar-refractivity contribution in [3.05, 3.63) is 54.1 Å². The normalized spacial score (nSPS) is 17.5. The number of anilines is 2. The first-order valence-corrected chi connectivity index (χ1v) is 11.0. The highest BCUT2D eigenvalue weighted by Crippen LogP contribution is 2.25. The fourth-order valence-corrected chi connectivity index (χ4v) is 5.09. The van der Waals surface area contributed by atoms with Gasteiger partial charge in [0.1, 0.15) is 0 Å². The maximum absolute atomic E-state index is 12.9. The molecule has 2 amide bonds. The van der Waals surface area contributed by atoms with E-state index < -0.39 is 10.0 Å². The highest BCUT2D eigenvalue weighted by Gasteiger charge is 2.30. The first kappa shape index (κ1) is 21.0. The van der Waals surface area contributed by atoms with Gasteiger partial charge in [0.05, 0.1) is 4.90 Å². The molecule has 1 aliphatic rings. The summed E-state index contributed by atoms with van der Waals surface area (Å²) in [4.78, 5) is 23.7. The van der Waals surface area contributed by atoms with Crippen LogP contribution in [0.25, 0.3) is 0 Å². The third-order valence-electron chi connectivity index (χ3n) is 4.93. The highest BCUT2D eigenvalue weighted by molar-refractivity contribution is 7.89. The summed E-state index contributed by atoms with van der Waals surface area (Å²) in [7, 11) is -3.56. The second-order valence-electron chi connectivity index (χ2n) is 7.20. The molecule has 1 atom stereocenters. The lowest BCUT2D eigenvalue weighted by molar-refractivity contribution is -0.114. The Bertz CT molecular complexity index is 986. The van der Waals surface area contributed by atoms with Gasteiger partial charge in [-0.1, -0.05) is 6.42 Å². The monoisotopic (exact) mass is 415 g/mol. The van der Waals surface area contributed by atoms with E-state index in [9.17, 15) is 18.0 Å². The average molecular weight is 416 g/mol. The van der Waals surface area contributed by atoms with E-state index in [1.807, 2.05) is 6.92 Å². The van der Waals surface area contributed by atoms with Gasteiger partial charge in [-0.2, -0.15) is 4.31 Å².